The number of piperidine rings is 1. The molecule has 0 spiro atoms. The van der Waals surface area contributed by atoms with Crippen molar-refractivity contribution in [1.29, 1.82) is 0 Å². The third-order valence-electron chi connectivity index (χ3n) is 4.16. The Morgan fingerprint density at radius 1 is 1.25 bits per heavy atom. The Bertz CT molecular complexity index is 683. The highest BCUT2D eigenvalue weighted by Gasteiger charge is 2.28. The van der Waals surface area contributed by atoms with Crippen molar-refractivity contribution in [2.45, 2.75) is 44.4 Å². The summed E-state index contributed by atoms with van der Waals surface area (Å²) >= 11 is 0. The van der Waals surface area contributed by atoms with Gasteiger partial charge in [0.15, 0.2) is 0 Å². The monoisotopic (exact) mass is 355 g/mol. The topological polar surface area (TPSA) is 92.6 Å². The first-order chi connectivity index (χ1) is 11.3. The number of nitro benzene ring substituents is 1. The Morgan fingerprint density at radius 2 is 1.92 bits per heavy atom. The maximum atomic E-state index is 12.7. The Balaban J connectivity index is 2.25. The second kappa shape index (κ2) is 7.94. The number of sulfonamides is 1. The van der Waals surface area contributed by atoms with Gasteiger partial charge in [0.1, 0.15) is 5.69 Å². The highest BCUT2D eigenvalue weighted by Crippen LogP contribution is 2.30. The summed E-state index contributed by atoms with van der Waals surface area (Å²) in [7, 11) is -3.67. The van der Waals surface area contributed by atoms with Crippen LogP contribution < -0.4 is 5.32 Å². The van der Waals surface area contributed by atoms with Crippen LogP contribution in [0.4, 0.5) is 11.4 Å². The van der Waals surface area contributed by atoms with Crippen molar-refractivity contribution < 1.29 is 13.3 Å². The third kappa shape index (κ3) is 4.45. The van der Waals surface area contributed by atoms with Gasteiger partial charge < -0.3 is 5.32 Å². The van der Waals surface area contributed by atoms with Crippen molar-refractivity contribution >= 4 is 21.4 Å². The summed E-state index contributed by atoms with van der Waals surface area (Å²) in [5.41, 5.74) is 0.162. The zero-order valence-corrected chi connectivity index (χ0v) is 15.0. The Kier molecular flexibility index (Phi) is 6.17. The van der Waals surface area contributed by atoms with E-state index < -0.39 is 14.9 Å². The molecule has 1 aromatic rings. The summed E-state index contributed by atoms with van der Waals surface area (Å²) < 4.78 is 26.7. The molecule has 1 aromatic carbocycles. The summed E-state index contributed by atoms with van der Waals surface area (Å²) in [4.78, 5) is 10.8. The Morgan fingerprint density at radius 3 is 2.50 bits per heavy atom. The first-order valence-electron chi connectivity index (χ1n) is 8.35. The molecular formula is C16H25N3O4S. The molecule has 1 heterocycles. The van der Waals surface area contributed by atoms with Gasteiger partial charge in [-0.3, -0.25) is 10.1 Å². The number of hydrogen-bond donors (Lipinski definition) is 1. The minimum Gasteiger partial charge on any atom is -0.379 e. The molecule has 1 N–H and O–H groups in total. The van der Waals surface area contributed by atoms with Gasteiger partial charge >= 0.3 is 0 Å². The lowest BCUT2D eigenvalue weighted by atomic mass is 10.1. The van der Waals surface area contributed by atoms with Crippen LogP contribution >= 0.6 is 0 Å². The van der Waals surface area contributed by atoms with E-state index in [0.29, 0.717) is 31.2 Å². The normalized spacial score (nSPS) is 16.3. The van der Waals surface area contributed by atoms with Crippen molar-refractivity contribution in [3.8, 4) is 0 Å². The lowest BCUT2D eigenvalue weighted by Crippen LogP contribution is -2.35. The van der Waals surface area contributed by atoms with E-state index in [-0.39, 0.29) is 10.6 Å². The number of nitrogens with one attached hydrogen (secondary N) is 1. The zero-order valence-electron chi connectivity index (χ0n) is 14.2. The summed E-state index contributed by atoms with van der Waals surface area (Å²) in [6.07, 6.45) is 3.56. The SMILES string of the molecule is CC(C)CCNc1ccc(S(=O)(=O)N2CCCCC2)cc1[N+](=O)[O-]. The minimum absolute atomic E-state index is 0.00879. The van der Waals surface area contributed by atoms with Crippen LogP contribution in [-0.4, -0.2) is 37.3 Å². The van der Waals surface area contributed by atoms with E-state index in [9.17, 15) is 18.5 Å². The number of nitrogens with zero attached hydrogens (tertiary/aromatic N) is 2. The summed E-state index contributed by atoms with van der Waals surface area (Å²) in [6.45, 7) is 5.71. The molecule has 0 aliphatic carbocycles. The first-order valence-corrected chi connectivity index (χ1v) is 9.79. The van der Waals surface area contributed by atoms with Gasteiger partial charge in [0, 0.05) is 25.7 Å². The summed E-state index contributed by atoms with van der Waals surface area (Å²) in [5.74, 6) is 0.482. The lowest BCUT2D eigenvalue weighted by Gasteiger charge is -2.25. The quantitative estimate of drug-likeness (QED) is 0.599. The molecule has 24 heavy (non-hydrogen) atoms. The van der Waals surface area contributed by atoms with E-state index in [2.05, 4.69) is 19.2 Å². The van der Waals surface area contributed by atoms with Crippen LogP contribution in [0.15, 0.2) is 23.1 Å². The highest BCUT2D eigenvalue weighted by atomic mass is 32.2. The summed E-state index contributed by atoms with van der Waals surface area (Å²) in [5, 5.41) is 14.4. The minimum atomic E-state index is -3.67. The fraction of sp³-hybridized carbons (Fsp3) is 0.625. The molecule has 0 bridgehead atoms. The maximum Gasteiger partial charge on any atom is 0.293 e. The molecule has 8 heteroatoms. The van der Waals surface area contributed by atoms with Gasteiger partial charge in [0.25, 0.3) is 5.69 Å². The second-order valence-corrected chi connectivity index (χ2v) is 8.45. The van der Waals surface area contributed by atoms with Crippen LogP contribution in [0.1, 0.15) is 39.5 Å². The molecule has 0 aromatic heterocycles. The van der Waals surface area contributed by atoms with Gasteiger partial charge in [-0.2, -0.15) is 4.31 Å². The third-order valence-corrected chi connectivity index (χ3v) is 6.05. The fourth-order valence-corrected chi connectivity index (χ4v) is 4.26. The summed E-state index contributed by atoms with van der Waals surface area (Å²) in [6, 6.07) is 4.12. The largest absolute Gasteiger partial charge is 0.379 e. The zero-order chi connectivity index (χ0) is 17.7. The molecule has 2 rings (SSSR count). The van der Waals surface area contributed by atoms with Gasteiger partial charge in [0.05, 0.1) is 9.82 Å². The smallest absolute Gasteiger partial charge is 0.293 e. The molecular weight excluding hydrogens is 330 g/mol. The van der Waals surface area contributed by atoms with E-state index in [1.807, 2.05) is 0 Å². The standard InChI is InChI=1S/C16H25N3O4S/c1-13(2)8-9-17-15-7-6-14(12-16(15)19(20)21)24(22,23)18-10-4-3-5-11-18/h6-7,12-13,17H,3-5,8-11H2,1-2H3. The molecule has 1 aliphatic rings. The van der Waals surface area contributed by atoms with E-state index >= 15 is 0 Å². The van der Waals surface area contributed by atoms with Crippen LogP contribution in [0.3, 0.4) is 0 Å². The molecule has 0 atom stereocenters. The fourth-order valence-electron chi connectivity index (χ4n) is 2.72. The molecule has 1 aliphatic heterocycles. The molecule has 0 radical (unpaired) electrons. The number of anilines is 1. The van der Waals surface area contributed by atoms with Crippen LogP contribution in [0.25, 0.3) is 0 Å². The number of rotatable bonds is 7. The van der Waals surface area contributed by atoms with E-state index in [1.165, 1.54) is 22.5 Å². The highest BCUT2D eigenvalue weighted by molar-refractivity contribution is 7.89. The van der Waals surface area contributed by atoms with Crippen molar-refractivity contribution in [3.63, 3.8) is 0 Å². The van der Waals surface area contributed by atoms with Gasteiger partial charge in [0.2, 0.25) is 10.0 Å². The predicted octanol–water partition coefficient (Wildman–Crippen LogP) is 3.23. The van der Waals surface area contributed by atoms with E-state index in [1.54, 1.807) is 0 Å². The van der Waals surface area contributed by atoms with Crippen molar-refractivity contribution in [2.24, 2.45) is 5.92 Å². The van der Waals surface area contributed by atoms with Gasteiger partial charge in [-0.15, -0.1) is 0 Å². The van der Waals surface area contributed by atoms with Crippen molar-refractivity contribution in [1.82, 2.24) is 4.31 Å². The van der Waals surface area contributed by atoms with Gasteiger partial charge in [-0.1, -0.05) is 20.3 Å². The Hall–Kier alpha value is -1.67. The number of nitro groups is 1. The van der Waals surface area contributed by atoms with Crippen molar-refractivity contribution in [2.75, 3.05) is 25.0 Å². The number of hydrogen-bond acceptors (Lipinski definition) is 5. The first kappa shape index (κ1) is 18.7. The van der Waals surface area contributed by atoms with Gasteiger partial charge in [-0.05, 0) is 37.3 Å². The molecule has 1 fully saturated rings. The second-order valence-electron chi connectivity index (χ2n) is 6.51. The molecule has 7 nitrogen and oxygen atoms in total. The molecule has 0 unspecified atom stereocenters. The van der Waals surface area contributed by atoms with Crippen LogP contribution in [0.2, 0.25) is 0 Å². The Labute approximate surface area is 143 Å². The lowest BCUT2D eigenvalue weighted by molar-refractivity contribution is -0.384. The average Bonchev–Trinajstić information content (AvgIpc) is 2.55. The number of benzene rings is 1. The molecule has 0 amide bonds. The predicted molar refractivity (Wildman–Crippen MR) is 93.7 cm³/mol. The van der Waals surface area contributed by atoms with E-state index in [0.717, 1.165) is 25.7 Å². The molecule has 0 saturated carbocycles. The van der Waals surface area contributed by atoms with Crippen LogP contribution in [0, 0.1) is 16.0 Å². The van der Waals surface area contributed by atoms with Gasteiger partial charge in [-0.25, -0.2) is 8.42 Å². The van der Waals surface area contributed by atoms with E-state index in [4.69, 9.17) is 0 Å². The van der Waals surface area contributed by atoms with Crippen molar-refractivity contribution in [3.05, 3.63) is 28.3 Å². The van der Waals surface area contributed by atoms with Crippen LogP contribution in [-0.2, 0) is 10.0 Å². The average molecular weight is 355 g/mol. The van der Waals surface area contributed by atoms with Crippen LogP contribution in [0.5, 0.6) is 0 Å². The maximum absolute atomic E-state index is 12.7. The molecule has 1 saturated heterocycles. The molecule has 134 valence electrons.